The first-order valence-electron chi connectivity index (χ1n) is 5.62. The molecule has 0 spiro atoms. The summed E-state index contributed by atoms with van der Waals surface area (Å²) in [6.45, 7) is 4.40. The summed E-state index contributed by atoms with van der Waals surface area (Å²) in [4.78, 5) is 0. The maximum absolute atomic E-state index is 6.27. The molecule has 0 heterocycles. The summed E-state index contributed by atoms with van der Waals surface area (Å²) < 4.78 is 7.22. The molecule has 1 aromatic rings. The lowest BCUT2D eigenvalue weighted by atomic mass is 9.65. The van der Waals surface area contributed by atoms with Gasteiger partial charge in [-0.2, -0.15) is 0 Å². The van der Waals surface area contributed by atoms with Crippen LogP contribution < -0.4 is 4.74 Å². The highest BCUT2D eigenvalue weighted by Gasteiger charge is 2.51. The molecular formula is C13H16ClIO. The highest BCUT2D eigenvalue weighted by atomic mass is 127. The van der Waals surface area contributed by atoms with Crippen molar-refractivity contribution in [1.29, 1.82) is 0 Å². The highest BCUT2D eigenvalue weighted by Crippen LogP contribution is 2.49. The van der Waals surface area contributed by atoms with Gasteiger partial charge in [-0.3, -0.25) is 0 Å². The van der Waals surface area contributed by atoms with Crippen molar-refractivity contribution < 1.29 is 4.74 Å². The van der Waals surface area contributed by atoms with Crippen molar-refractivity contribution in [2.75, 3.05) is 0 Å². The molecule has 3 atom stereocenters. The number of rotatable bonds is 3. The van der Waals surface area contributed by atoms with E-state index in [1.165, 1.54) is 3.57 Å². The standard InChI is InChI=1S/C13H16ClIO/c1-3-13(2)11(14)8-12(13)16-10-6-4-5-9(15)7-10/h4-7,11-12H,3,8H2,1-2H3. The molecule has 1 aromatic carbocycles. The van der Waals surface area contributed by atoms with E-state index in [2.05, 4.69) is 48.6 Å². The van der Waals surface area contributed by atoms with Crippen LogP contribution in [0.3, 0.4) is 0 Å². The van der Waals surface area contributed by atoms with Crippen molar-refractivity contribution in [2.45, 2.75) is 38.2 Å². The minimum atomic E-state index is 0.128. The lowest BCUT2D eigenvalue weighted by Gasteiger charge is -2.50. The quantitative estimate of drug-likeness (QED) is 0.577. The molecule has 16 heavy (non-hydrogen) atoms. The van der Waals surface area contributed by atoms with E-state index in [0.29, 0.717) is 0 Å². The zero-order valence-corrected chi connectivity index (χ0v) is 12.5. The molecule has 0 radical (unpaired) electrons. The van der Waals surface area contributed by atoms with Crippen LogP contribution >= 0.6 is 34.2 Å². The van der Waals surface area contributed by atoms with Gasteiger partial charge in [-0.05, 0) is 47.2 Å². The van der Waals surface area contributed by atoms with Crippen LogP contribution in [0.1, 0.15) is 26.7 Å². The second-order valence-electron chi connectivity index (χ2n) is 4.63. The molecule has 1 aliphatic carbocycles. The van der Waals surface area contributed by atoms with E-state index >= 15 is 0 Å². The molecule has 0 bridgehead atoms. The molecule has 1 saturated carbocycles. The topological polar surface area (TPSA) is 9.23 Å². The number of ether oxygens (including phenoxy) is 1. The maximum atomic E-state index is 6.27. The molecule has 3 heteroatoms. The van der Waals surface area contributed by atoms with Crippen molar-refractivity contribution >= 4 is 34.2 Å². The second-order valence-corrected chi connectivity index (χ2v) is 6.40. The second kappa shape index (κ2) is 4.73. The number of benzene rings is 1. The van der Waals surface area contributed by atoms with Crippen molar-refractivity contribution in [3.05, 3.63) is 27.8 Å². The highest BCUT2D eigenvalue weighted by molar-refractivity contribution is 14.1. The van der Waals surface area contributed by atoms with Gasteiger partial charge in [0.05, 0.1) is 0 Å². The Morgan fingerprint density at radius 1 is 1.56 bits per heavy atom. The third-order valence-corrected chi connectivity index (χ3v) is 5.06. The van der Waals surface area contributed by atoms with Gasteiger partial charge in [0.25, 0.3) is 0 Å². The van der Waals surface area contributed by atoms with Crippen molar-refractivity contribution in [1.82, 2.24) is 0 Å². The van der Waals surface area contributed by atoms with Gasteiger partial charge in [0.2, 0.25) is 0 Å². The molecule has 0 aromatic heterocycles. The third kappa shape index (κ3) is 2.19. The van der Waals surface area contributed by atoms with Crippen LogP contribution in [0.15, 0.2) is 24.3 Å². The van der Waals surface area contributed by atoms with Gasteiger partial charge in [-0.1, -0.05) is 19.9 Å². The Labute approximate surface area is 116 Å². The Kier molecular flexibility index (Phi) is 3.69. The van der Waals surface area contributed by atoms with Crippen LogP contribution in [-0.4, -0.2) is 11.5 Å². The van der Waals surface area contributed by atoms with E-state index in [0.717, 1.165) is 18.6 Å². The van der Waals surface area contributed by atoms with Crippen molar-refractivity contribution in [3.63, 3.8) is 0 Å². The summed E-state index contributed by atoms with van der Waals surface area (Å²) in [5, 5.41) is 0.255. The zero-order chi connectivity index (χ0) is 11.8. The van der Waals surface area contributed by atoms with Crippen LogP contribution in [0, 0.1) is 8.99 Å². The molecule has 2 rings (SSSR count). The van der Waals surface area contributed by atoms with Crippen molar-refractivity contribution in [2.24, 2.45) is 5.41 Å². The van der Waals surface area contributed by atoms with E-state index in [1.807, 2.05) is 12.1 Å². The molecule has 88 valence electrons. The average molecular weight is 351 g/mol. The first-order chi connectivity index (χ1) is 7.56. The van der Waals surface area contributed by atoms with Gasteiger partial charge < -0.3 is 4.74 Å². The van der Waals surface area contributed by atoms with Crippen LogP contribution in [-0.2, 0) is 0 Å². The number of halogens is 2. The van der Waals surface area contributed by atoms with Crippen LogP contribution in [0.5, 0.6) is 5.75 Å². The molecule has 0 amide bonds. The van der Waals surface area contributed by atoms with Gasteiger partial charge in [0.15, 0.2) is 0 Å². The fourth-order valence-corrected chi connectivity index (χ4v) is 3.08. The molecule has 0 saturated heterocycles. The van der Waals surface area contributed by atoms with Crippen molar-refractivity contribution in [3.8, 4) is 5.75 Å². The van der Waals surface area contributed by atoms with Gasteiger partial charge >= 0.3 is 0 Å². The third-order valence-electron chi connectivity index (χ3n) is 3.71. The summed E-state index contributed by atoms with van der Waals surface area (Å²) in [5.74, 6) is 0.958. The van der Waals surface area contributed by atoms with Gasteiger partial charge in [-0.15, -0.1) is 11.6 Å². The van der Waals surface area contributed by atoms with E-state index < -0.39 is 0 Å². The van der Waals surface area contributed by atoms with Crippen LogP contribution in [0.2, 0.25) is 0 Å². The first kappa shape index (κ1) is 12.5. The molecule has 0 N–H and O–H groups in total. The van der Waals surface area contributed by atoms with E-state index in [-0.39, 0.29) is 16.9 Å². The predicted octanol–water partition coefficient (Wildman–Crippen LogP) is 4.47. The molecule has 1 nitrogen and oxygen atoms in total. The smallest absolute Gasteiger partial charge is 0.120 e. The molecule has 1 aliphatic rings. The SMILES string of the molecule is CCC1(C)C(Cl)CC1Oc1cccc(I)c1. The summed E-state index contributed by atoms with van der Waals surface area (Å²) in [6, 6.07) is 8.17. The lowest BCUT2D eigenvalue weighted by Crippen LogP contribution is -2.55. The van der Waals surface area contributed by atoms with Gasteiger partial charge in [0, 0.05) is 20.8 Å². The minimum Gasteiger partial charge on any atom is -0.490 e. The number of hydrogen-bond donors (Lipinski definition) is 0. The number of hydrogen-bond acceptors (Lipinski definition) is 1. The Balaban J connectivity index is 2.06. The number of alkyl halides is 1. The minimum absolute atomic E-state index is 0.128. The normalized spacial score (nSPS) is 33.2. The Hall–Kier alpha value is 0.0400. The fraction of sp³-hybridized carbons (Fsp3) is 0.538. The average Bonchev–Trinajstić information content (AvgIpc) is 2.27. The van der Waals surface area contributed by atoms with E-state index in [1.54, 1.807) is 0 Å². The lowest BCUT2D eigenvalue weighted by molar-refractivity contribution is -0.0295. The molecular weight excluding hydrogens is 334 g/mol. The van der Waals surface area contributed by atoms with E-state index in [4.69, 9.17) is 16.3 Å². The molecule has 3 unspecified atom stereocenters. The van der Waals surface area contributed by atoms with Crippen LogP contribution in [0.25, 0.3) is 0 Å². The summed E-state index contributed by atoms with van der Waals surface area (Å²) in [6.07, 6.45) is 2.28. The fourth-order valence-electron chi connectivity index (χ4n) is 2.10. The summed E-state index contributed by atoms with van der Waals surface area (Å²) in [7, 11) is 0. The largest absolute Gasteiger partial charge is 0.490 e. The summed E-state index contributed by atoms with van der Waals surface area (Å²) in [5.41, 5.74) is 0.128. The van der Waals surface area contributed by atoms with Crippen LogP contribution in [0.4, 0.5) is 0 Å². The summed E-state index contributed by atoms with van der Waals surface area (Å²) >= 11 is 8.57. The van der Waals surface area contributed by atoms with Gasteiger partial charge in [0.1, 0.15) is 11.9 Å². The maximum Gasteiger partial charge on any atom is 0.120 e. The molecule has 1 fully saturated rings. The molecule has 0 aliphatic heterocycles. The Bertz CT molecular complexity index is 382. The first-order valence-corrected chi connectivity index (χ1v) is 7.14. The zero-order valence-electron chi connectivity index (χ0n) is 9.54. The monoisotopic (exact) mass is 350 g/mol. The predicted molar refractivity (Wildman–Crippen MR) is 76.2 cm³/mol. The van der Waals surface area contributed by atoms with E-state index in [9.17, 15) is 0 Å². The Morgan fingerprint density at radius 3 is 2.88 bits per heavy atom. The van der Waals surface area contributed by atoms with Gasteiger partial charge in [-0.25, -0.2) is 0 Å². The Morgan fingerprint density at radius 2 is 2.31 bits per heavy atom.